The number of para-hydroxylation sites is 1. The molecule has 2 atom stereocenters. The van der Waals surface area contributed by atoms with Gasteiger partial charge in [-0.2, -0.15) is 0 Å². The molecule has 3 N–H and O–H groups in total. The summed E-state index contributed by atoms with van der Waals surface area (Å²) >= 11 is 0. The molecule has 0 radical (unpaired) electrons. The zero-order valence-electron chi connectivity index (χ0n) is 19.3. The Morgan fingerprint density at radius 3 is 2.55 bits per heavy atom. The van der Waals surface area contributed by atoms with Gasteiger partial charge in [0.2, 0.25) is 17.7 Å². The monoisotopic (exact) mass is 459 g/mol. The van der Waals surface area contributed by atoms with Gasteiger partial charge in [-0.25, -0.2) is 4.79 Å². The molecule has 0 aliphatic carbocycles. The second-order valence-electron chi connectivity index (χ2n) is 8.47. The summed E-state index contributed by atoms with van der Waals surface area (Å²) in [5.74, 6) is -0.449. The van der Waals surface area contributed by atoms with Gasteiger partial charge < -0.3 is 30.5 Å². The number of benzene rings is 1. The van der Waals surface area contributed by atoms with Crippen LogP contribution in [0.4, 0.5) is 4.79 Å². The molecular formula is C23H33N5O5. The number of carbonyl (C=O) groups is 4. The van der Waals surface area contributed by atoms with Crippen LogP contribution in [0.3, 0.4) is 0 Å². The highest BCUT2D eigenvalue weighted by Crippen LogP contribution is 2.25. The summed E-state index contributed by atoms with van der Waals surface area (Å²) in [5.41, 5.74) is 0.707. The Kier molecular flexibility index (Phi) is 8.51. The molecule has 10 heteroatoms. The van der Waals surface area contributed by atoms with E-state index in [1.54, 1.807) is 22.9 Å². The zero-order valence-corrected chi connectivity index (χ0v) is 19.3. The normalized spacial score (nSPS) is 19.1. The molecule has 10 nitrogen and oxygen atoms in total. The van der Waals surface area contributed by atoms with Gasteiger partial charge in [-0.1, -0.05) is 18.2 Å². The van der Waals surface area contributed by atoms with Gasteiger partial charge in [0.1, 0.15) is 5.75 Å². The first kappa shape index (κ1) is 24.3. The molecule has 2 heterocycles. The first-order valence-corrected chi connectivity index (χ1v) is 11.4. The second-order valence-corrected chi connectivity index (χ2v) is 8.47. The lowest BCUT2D eigenvalue weighted by Gasteiger charge is -2.29. The van der Waals surface area contributed by atoms with Gasteiger partial charge >= 0.3 is 6.03 Å². The zero-order chi connectivity index (χ0) is 23.8. The molecule has 2 aliphatic heterocycles. The number of methoxy groups -OCH3 is 1. The summed E-state index contributed by atoms with van der Waals surface area (Å²) in [7, 11) is 3.27. The van der Waals surface area contributed by atoms with E-state index in [0.29, 0.717) is 37.4 Å². The van der Waals surface area contributed by atoms with Crippen molar-refractivity contribution in [3.63, 3.8) is 0 Å². The molecule has 2 saturated heterocycles. The number of ether oxygens (including phenoxy) is 1. The van der Waals surface area contributed by atoms with Crippen molar-refractivity contribution in [3.05, 3.63) is 29.8 Å². The highest BCUT2D eigenvalue weighted by Gasteiger charge is 2.29. The second kappa shape index (κ2) is 11.5. The van der Waals surface area contributed by atoms with Crippen LogP contribution < -0.4 is 20.7 Å². The molecule has 3 rings (SSSR count). The molecule has 2 unspecified atom stereocenters. The molecule has 180 valence electrons. The van der Waals surface area contributed by atoms with Crippen molar-refractivity contribution in [2.75, 3.05) is 46.9 Å². The van der Waals surface area contributed by atoms with Gasteiger partial charge in [0, 0.05) is 51.1 Å². The fraction of sp³-hybridized carbons (Fsp3) is 0.565. The van der Waals surface area contributed by atoms with E-state index in [1.165, 1.54) is 7.11 Å². The van der Waals surface area contributed by atoms with Gasteiger partial charge in [0.15, 0.2) is 0 Å². The number of urea groups is 1. The standard InChI is InChI=1S/C23H33N5O5/c1-27-12-9-16(13-21(27)30)22(31)24-14-18(17-7-3-4-8-19(17)33-2)26-20(29)15-25-23(32)28-10-5-6-11-28/h3-4,7-8,16,18H,5-6,9-15H2,1-2H3,(H,24,31)(H,25,32)(H,26,29). The van der Waals surface area contributed by atoms with Crippen LogP contribution in [0.1, 0.15) is 37.3 Å². The average Bonchev–Trinajstić information content (AvgIpc) is 3.37. The Hall–Kier alpha value is -3.30. The van der Waals surface area contributed by atoms with E-state index in [0.717, 1.165) is 12.8 Å². The van der Waals surface area contributed by atoms with Crippen LogP contribution in [0.15, 0.2) is 24.3 Å². The van der Waals surface area contributed by atoms with E-state index in [-0.39, 0.29) is 49.2 Å². The Bertz CT molecular complexity index is 871. The van der Waals surface area contributed by atoms with E-state index in [2.05, 4.69) is 16.0 Å². The Morgan fingerprint density at radius 1 is 1.12 bits per heavy atom. The van der Waals surface area contributed by atoms with Crippen LogP contribution >= 0.6 is 0 Å². The first-order chi connectivity index (χ1) is 15.9. The number of rotatable bonds is 8. The van der Waals surface area contributed by atoms with E-state index >= 15 is 0 Å². The minimum atomic E-state index is -0.566. The predicted molar refractivity (Wildman–Crippen MR) is 121 cm³/mol. The largest absolute Gasteiger partial charge is 0.496 e. The highest BCUT2D eigenvalue weighted by atomic mass is 16.5. The van der Waals surface area contributed by atoms with E-state index in [9.17, 15) is 19.2 Å². The molecule has 0 aromatic heterocycles. The molecule has 0 bridgehead atoms. The molecule has 5 amide bonds. The molecule has 2 fully saturated rings. The number of likely N-dealkylation sites (tertiary alicyclic amines) is 2. The summed E-state index contributed by atoms with van der Waals surface area (Å²) in [5, 5.41) is 8.41. The number of hydrogen-bond donors (Lipinski definition) is 3. The van der Waals surface area contributed by atoms with Crippen LogP contribution in [0, 0.1) is 5.92 Å². The number of nitrogens with zero attached hydrogens (tertiary/aromatic N) is 2. The fourth-order valence-electron chi connectivity index (χ4n) is 4.14. The van der Waals surface area contributed by atoms with Gasteiger partial charge in [-0.15, -0.1) is 0 Å². The van der Waals surface area contributed by atoms with Gasteiger partial charge in [0.25, 0.3) is 0 Å². The molecule has 2 aliphatic rings. The Labute approximate surface area is 194 Å². The maximum absolute atomic E-state index is 12.7. The van der Waals surface area contributed by atoms with Crippen molar-refractivity contribution in [1.29, 1.82) is 0 Å². The molecular weight excluding hydrogens is 426 g/mol. The number of nitrogens with one attached hydrogen (secondary N) is 3. The summed E-state index contributed by atoms with van der Waals surface area (Å²) in [6.07, 6.45) is 2.72. The topological polar surface area (TPSA) is 120 Å². The quantitative estimate of drug-likeness (QED) is 0.527. The van der Waals surface area contributed by atoms with Crippen molar-refractivity contribution >= 4 is 23.8 Å². The van der Waals surface area contributed by atoms with Crippen molar-refractivity contribution in [2.45, 2.75) is 31.7 Å². The smallest absolute Gasteiger partial charge is 0.317 e. The first-order valence-electron chi connectivity index (χ1n) is 11.4. The molecule has 33 heavy (non-hydrogen) atoms. The van der Waals surface area contributed by atoms with Crippen molar-refractivity contribution in [2.24, 2.45) is 5.92 Å². The molecule has 0 saturated carbocycles. The number of piperidine rings is 1. The average molecular weight is 460 g/mol. The van der Waals surface area contributed by atoms with Crippen molar-refractivity contribution in [1.82, 2.24) is 25.8 Å². The minimum Gasteiger partial charge on any atom is -0.496 e. The number of carbonyl (C=O) groups excluding carboxylic acids is 4. The third-order valence-corrected chi connectivity index (χ3v) is 6.15. The van der Waals surface area contributed by atoms with Gasteiger partial charge in [0.05, 0.1) is 19.7 Å². The predicted octanol–water partition coefficient (Wildman–Crippen LogP) is 0.643. The van der Waals surface area contributed by atoms with Crippen LogP contribution in [0.5, 0.6) is 5.75 Å². The van der Waals surface area contributed by atoms with Crippen LogP contribution in [-0.2, 0) is 14.4 Å². The summed E-state index contributed by atoms with van der Waals surface area (Å²) < 4.78 is 5.43. The number of hydrogen-bond acceptors (Lipinski definition) is 5. The lowest BCUT2D eigenvalue weighted by molar-refractivity contribution is -0.139. The van der Waals surface area contributed by atoms with E-state index in [1.807, 2.05) is 18.2 Å². The Morgan fingerprint density at radius 2 is 1.85 bits per heavy atom. The lowest BCUT2D eigenvalue weighted by Crippen LogP contribution is -2.47. The third-order valence-electron chi connectivity index (χ3n) is 6.15. The fourth-order valence-corrected chi connectivity index (χ4v) is 4.14. The number of amides is 5. The van der Waals surface area contributed by atoms with Crippen LogP contribution in [-0.4, -0.2) is 80.4 Å². The molecule has 1 aromatic carbocycles. The van der Waals surface area contributed by atoms with E-state index in [4.69, 9.17) is 4.74 Å². The van der Waals surface area contributed by atoms with Crippen LogP contribution in [0.25, 0.3) is 0 Å². The maximum atomic E-state index is 12.7. The summed E-state index contributed by atoms with van der Waals surface area (Å²) in [4.78, 5) is 52.8. The van der Waals surface area contributed by atoms with Gasteiger partial charge in [-0.3, -0.25) is 14.4 Å². The maximum Gasteiger partial charge on any atom is 0.317 e. The highest BCUT2D eigenvalue weighted by molar-refractivity contribution is 5.87. The van der Waals surface area contributed by atoms with Gasteiger partial charge in [-0.05, 0) is 25.3 Å². The summed E-state index contributed by atoms with van der Waals surface area (Å²) in [6.45, 7) is 1.90. The SMILES string of the molecule is COc1ccccc1C(CNC(=O)C1CCN(C)C(=O)C1)NC(=O)CNC(=O)N1CCCC1. The molecule has 0 spiro atoms. The lowest BCUT2D eigenvalue weighted by atomic mass is 9.95. The van der Waals surface area contributed by atoms with Crippen molar-refractivity contribution in [3.8, 4) is 5.75 Å². The summed E-state index contributed by atoms with van der Waals surface area (Å²) in [6, 6.07) is 6.42. The Balaban J connectivity index is 1.61. The van der Waals surface area contributed by atoms with Crippen LogP contribution in [0.2, 0.25) is 0 Å². The molecule has 1 aromatic rings. The van der Waals surface area contributed by atoms with Crippen molar-refractivity contribution < 1.29 is 23.9 Å². The third kappa shape index (κ3) is 6.59. The van der Waals surface area contributed by atoms with E-state index < -0.39 is 6.04 Å². The minimum absolute atomic E-state index is 0.0512.